The maximum atomic E-state index is 9.98. The molecule has 1 N–H and O–H groups in total. The molecule has 2 rings (SSSR count). The third kappa shape index (κ3) is 4.14. The summed E-state index contributed by atoms with van der Waals surface area (Å²) < 4.78 is 5.34. The van der Waals surface area contributed by atoms with E-state index in [1.165, 1.54) is 11.1 Å². The molecule has 0 aliphatic carbocycles. The van der Waals surface area contributed by atoms with Gasteiger partial charge in [0.1, 0.15) is 0 Å². The van der Waals surface area contributed by atoms with Crippen LogP contribution in [-0.2, 0) is 4.52 Å². The molecule has 0 spiro atoms. The first-order chi connectivity index (χ1) is 9.31. The summed E-state index contributed by atoms with van der Waals surface area (Å²) in [6.45, 7) is 2.46. The van der Waals surface area contributed by atoms with E-state index in [4.69, 9.17) is 4.52 Å². The fourth-order valence-corrected chi connectivity index (χ4v) is 3.27. The lowest BCUT2D eigenvalue weighted by atomic mass is 9.93. The van der Waals surface area contributed by atoms with Crippen LogP contribution in [0.4, 0.5) is 0 Å². The Morgan fingerprint density at radius 3 is 1.84 bits per heavy atom. The number of hydrogen-bond donors (Lipinski definition) is 1. The van der Waals surface area contributed by atoms with Crippen molar-refractivity contribution in [3.63, 3.8) is 0 Å². The minimum Gasteiger partial charge on any atom is -0.350 e. The molecule has 0 saturated heterocycles. The fraction of sp³-hybridized carbons (Fsp3) is 0.250. The molecule has 0 aliphatic rings. The first kappa shape index (κ1) is 14.2. The molecule has 3 heteroatoms. The van der Waals surface area contributed by atoms with Gasteiger partial charge in [0, 0.05) is 12.1 Å². The summed E-state index contributed by atoms with van der Waals surface area (Å²) in [5, 5.41) is 0. The maximum absolute atomic E-state index is 9.98. The standard InChI is InChI=1S/C16H19O2P/c1-2-18-19(17)13-16(14-9-5-3-6-10-14)15-11-7-4-8-12-15/h3-12,16-17H,2,13H2,1H3. The summed E-state index contributed by atoms with van der Waals surface area (Å²) in [6.07, 6.45) is 0.636. The van der Waals surface area contributed by atoms with Gasteiger partial charge in [0.2, 0.25) is 0 Å². The van der Waals surface area contributed by atoms with Crippen LogP contribution in [0.3, 0.4) is 0 Å². The summed E-state index contributed by atoms with van der Waals surface area (Å²) in [4.78, 5) is 9.98. The van der Waals surface area contributed by atoms with Gasteiger partial charge < -0.3 is 9.42 Å². The highest BCUT2D eigenvalue weighted by atomic mass is 31.2. The first-order valence-electron chi connectivity index (χ1n) is 6.50. The highest BCUT2D eigenvalue weighted by molar-refractivity contribution is 7.46. The summed E-state index contributed by atoms with van der Waals surface area (Å²) >= 11 is 0. The van der Waals surface area contributed by atoms with Crippen molar-refractivity contribution in [2.24, 2.45) is 0 Å². The minimum atomic E-state index is -1.37. The van der Waals surface area contributed by atoms with Crippen molar-refractivity contribution < 1.29 is 9.42 Å². The van der Waals surface area contributed by atoms with E-state index in [1.54, 1.807) is 0 Å². The quantitative estimate of drug-likeness (QED) is 0.801. The van der Waals surface area contributed by atoms with E-state index in [0.717, 1.165) is 0 Å². The molecular weight excluding hydrogens is 255 g/mol. The smallest absolute Gasteiger partial charge is 0.168 e. The summed E-state index contributed by atoms with van der Waals surface area (Å²) in [5.41, 5.74) is 2.44. The zero-order chi connectivity index (χ0) is 13.5. The molecular formula is C16H19O2P. The van der Waals surface area contributed by atoms with Crippen molar-refractivity contribution in [2.45, 2.75) is 12.8 Å². The maximum Gasteiger partial charge on any atom is 0.168 e. The van der Waals surface area contributed by atoms with Gasteiger partial charge >= 0.3 is 0 Å². The zero-order valence-corrected chi connectivity index (χ0v) is 12.0. The topological polar surface area (TPSA) is 29.5 Å². The first-order valence-corrected chi connectivity index (χ1v) is 7.90. The molecule has 0 saturated carbocycles. The molecule has 0 radical (unpaired) electrons. The van der Waals surface area contributed by atoms with Crippen molar-refractivity contribution in [1.82, 2.24) is 0 Å². The third-order valence-corrected chi connectivity index (χ3v) is 4.25. The Morgan fingerprint density at radius 2 is 1.42 bits per heavy atom. The van der Waals surface area contributed by atoms with Crippen LogP contribution in [0.25, 0.3) is 0 Å². The second kappa shape index (κ2) is 7.40. The SMILES string of the molecule is CCOP(O)CC(c1ccccc1)c1ccccc1. The molecule has 2 nitrogen and oxygen atoms in total. The molecule has 1 unspecified atom stereocenters. The van der Waals surface area contributed by atoms with Gasteiger partial charge in [0.25, 0.3) is 0 Å². The normalized spacial score (nSPS) is 12.6. The predicted molar refractivity (Wildman–Crippen MR) is 80.4 cm³/mol. The number of hydrogen-bond acceptors (Lipinski definition) is 2. The lowest BCUT2D eigenvalue weighted by Crippen LogP contribution is -2.06. The van der Waals surface area contributed by atoms with Crippen LogP contribution >= 0.6 is 8.38 Å². The van der Waals surface area contributed by atoms with Crippen molar-refractivity contribution >= 4 is 8.38 Å². The van der Waals surface area contributed by atoms with Crippen LogP contribution in [0, 0.1) is 0 Å². The van der Waals surface area contributed by atoms with E-state index in [0.29, 0.717) is 12.8 Å². The van der Waals surface area contributed by atoms with Gasteiger partial charge in [-0.25, -0.2) is 0 Å². The Morgan fingerprint density at radius 1 is 0.947 bits per heavy atom. The van der Waals surface area contributed by atoms with Gasteiger partial charge in [-0.15, -0.1) is 0 Å². The van der Waals surface area contributed by atoms with E-state index < -0.39 is 8.38 Å². The van der Waals surface area contributed by atoms with Crippen LogP contribution < -0.4 is 0 Å². The average Bonchev–Trinajstić information content (AvgIpc) is 2.47. The van der Waals surface area contributed by atoms with Crippen molar-refractivity contribution in [2.75, 3.05) is 12.8 Å². The molecule has 100 valence electrons. The van der Waals surface area contributed by atoms with E-state index in [1.807, 2.05) is 43.3 Å². The molecule has 2 aromatic rings. The van der Waals surface area contributed by atoms with Crippen molar-refractivity contribution in [3.8, 4) is 0 Å². The summed E-state index contributed by atoms with van der Waals surface area (Å²) in [5.74, 6) is 0.185. The Kier molecular flexibility index (Phi) is 5.53. The van der Waals surface area contributed by atoms with Gasteiger partial charge in [-0.3, -0.25) is 0 Å². The lowest BCUT2D eigenvalue weighted by Gasteiger charge is -2.20. The van der Waals surface area contributed by atoms with Crippen LogP contribution in [0.15, 0.2) is 60.7 Å². The van der Waals surface area contributed by atoms with Gasteiger partial charge in [0.05, 0.1) is 6.61 Å². The molecule has 0 aromatic heterocycles. The lowest BCUT2D eigenvalue weighted by molar-refractivity contribution is 0.328. The van der Waals surface area contributed by atoms with Gasteiger partial charge in [-0.2, -0.15) is 0 Å². The molecule has 0 bridgehead atoms. The second-order valence-electron chi connectivity index (χ2n) is 4.33. The average molecular weight is 274 g/mol. The summed E-state index contributed by atoms with van der Waals surface area (Å²) in [7, 11) is -1.37. The Labute approximate surface area is 116 Å². The van der Waals surface area contributed by atoms with Crippen molar-refractivity contribution in [1.29, 1.82) is 0 Å². The highest BCUT2D eigenvalue weighted by Crippen LogP contribution is 2.40. The molecule has 1 atom stereocenters. The largest absolute Gasteiger partial charge is 0.350 e. The molecule has 2 aromatic carbocycles. The van der Waals surface area contributed by atoms with Crippen LogP contribution in [0.1, 0.15) is 24.0 Å². The van der Waals surface area contributed by atoms with E-state index in [-0.39, 0.29) is 5.92 Å². The fourth-order valence-electron chi connectivity index (χ4n) is 2.13. The summed E-state index contributed by atoms with van der Waals surface area (Å²) in [6, 6.07) is 20.6. The van der Waals surface area contributed by atoms with Crippen molar-refractivity contribution in [3.05, 3.63) is 71.8 Å². The zero-order valence-electron chi connectivity index (χ0n) is 11.1. The second-order valence-corrected chi connectivity index (χ2v) is 5.65. The van der Waals surface area contributed by atoms with Crippen LogP contribution in [0.5, 0.6) is 0 Å². The Hall–Kier alpha value is -1.21. The van der Waals surface area contributed by atoms with Gasteiger partial charge in [0.15, 0.2) is 8.38 Å². The third-order valence-electron chi connectivity index (χ3n) is 3.02. The molecule has 0 amide bonds. The number of benzene rings is 2. The molecule has 0 aliphatic heterocycles. The van der Waals surface area contributed by atoms with Gasteiger partial charge in [-0.05, 0) is 18.1 Å². The molecule has 19 heavy (non-hydrogen) atoms. The minimum absolute atomic E-state index is 0.185. The van der Waals surface area contributed by atoms with E-state index in [2.05, 4.69) is 24.3 Å². The molecule has 0 heterocycles. The predicted octanol–water partition coefficient (Wildman–Crippen LogP) is 4.16. The van der Waals surface area contributed by atoms with E-state index in [9.17, 15) is 4.89 Å². The Balaban J connectivity index is 2.24. The van der Waals surface area contributed by atoms with Crippen LogP contribution in [0.2, 0.25) is 0 Å². The Bertz CT molecular complexity index is 433. The highest BCUT2D eigenvalue weighted by Gasteiger charge is 2.19. The number of rotatable bonds is 6. The molecule has 0 fully saturated rings. The van der Waals surface area contributed by atoms with Crippen LogP contribution in [-0.4, -0.2) is 17.7 Å². The van der Waals surface area contributed by atoms with Gasteiger partial charge in [-0.1, -0.05) is 60.7 Å². The van der Waals surface area contributed by atoms with E-state index >= 15 is 0 Å². The monoisotopic (exact) mass is 274 g/mol.